The highest BCUT2D eigenvalue weighted by Crippen LogP contribution is 2.19. The smallest absolute Gasteiger partial charge is 0.148 e. The third kappa shape index (κ3) is 1.86. The van der Waals surface area contributed by atoms with Crippen molar-refractivity contribution in [3.63, 3.8) is 0 Å². The van der Waals surface area contributed by atoms with Gasteiger partial charge in [-0.25, -0.2) is 15.8 Å². The van der Waals surface area contributed by atoms with Gasteiger partial charge in [-0.15, -0.1) is 0 Å². The number of nitrogens with zero attached hydrogens (tertiary/aromatic N) is 3. The van der Waals surface area contributed by atoms with Gasteiger partial charge in [0.25, 0.3) is 0 Å². The molecule has 5 nitrogen and oxygen atoms in total. The number of hydrazine groups is 1. The van der Waals surface area contributed by atoms with Crippen LogP contribution < -0.4 is 16.2 Å². The van der Waals surface area contributed by atoms with E-state index in [4.69, 9.17) is 5.84 Å². The molecule has 0 spiro atoms. The molecule has 72 valence electrons. The summed E-state index contributed by atoms with van der Waals surface area (Å²) in [6.07, 6.45) is 1.50. The van der Waals surface area contributed by atoms with Crippen molar-refractivity contribution in [1.29, 1.82) is 0 Å². The summed E-state index contributed by atoms with van der Waals surface area (Å²) in [4.78, 5) is 10.2. The van der Waals surface area contributed by atoms with E-state index < -0.39 is 0 Å². The summed E-state index contributed by atoms with van der Waals surface area (Å²) in [6.45, 7) is 4.91. The first kappa shape index (κ1) is 9.73. The third-order valence-electron chi connectivity index (χ3n) is 2.03. The maximum atomic E-state index is 5.30. The number of rotatable bonds is 3. The largest absolute Gasteiger partial charge is 0.360 e. The van der Waals surface area contributed by atoms with Crippen LogP contribution in [0.15, 0.2) is 6.33 Å². The number of nitrogens with one attached hydrogen (secondary N) is 1. The average molecular weight is 181 g/mol. The van der Waals surface area contributed by atoms with Gasteiger partial charge in [-0.05, 0) is 13.8 Å². The van der Waals surface area contributed by atoms with Crippen LogP contribution >= 0.6 is 0 Å². The zero-order chi connectivity index (χ0) is 9.84. The molecule has 1 rings (SSSR count). The number of nitrogens with two attached hydrogens (primary N) is 1. The van der Waals surface area contributed by atoms with Crippen molar-refractivity contribution in [1.82, 2.24) is 9.97 Å². The van der Waals surface area contributed by atoms with Gasteiger partial charge in [0.15, 0.2) is 0 Å². The summed E-state index contributed by atoms with van der Waals surface area (Å²) in [5.74, 6) is 6.88. The Bertz CT molecular complexity index is 286. The minimum Gasteiger partial charge on any atom is -0.360 e. The number of anilines is 2. The van der Waals surface area contributed by atoms with E-state index in [0.29, 0.717) is 5.82 Å². The minimum atomic E-state index is 0.672. The first-order valence-corrected chi connectivity index (χ1v) is 4.20. The van der Waals surface area contributed by atoms with Crippen LogP contribution in [-0.2, 0) is 0 Å². The molecular weight excluding hydrogens is 166 g/mol. The van der Waals surface area contributed by atoms with Gasteiger partial charge in [-0.1, -0.05) is 0 Å². The van der Waals surface area contributed by atoms with Crippen molar-refractivity contribution in [2.75, 3.05) is 23.9 Å². The highest BCUT2D eigenvalue weighted by Gasteiger charge is 2.08. The van der Waals surface area contributed by atoms with Crippen molar-refractivity contribution >= 4 is 11.6 Å². The SMILES string of the molecule is CCN(C)c1ncnc(NN)c1C. The van der Waals surface area contributed by atoms with Crippen LogP contribution in [0.5, 0.6) is 0 Å². The van der Waals surface area contributed by atoms with Crippen molar-refractivity contribution < 1.29 is 0 Å². The lowest BCUT2D eigenvalue weighted by Crippen LogP contribution is -2.20. The highest BCUT2D eigenvalue weighted by molar-refractivity contribution is 5.56. The Morgan fingerprint density at radius 3 is 2.77 bits per heavy atom. The first-order valence-electron chi connectivity index (χ1n) is 4.20. The van der Waals surface area contributed by atoms with E-state index in [1.807, 2.05) is 18.9 Å². The molecule has 0 fully saturated rings. The molecule has 1 aromatic rings. The standard InChI is InChI=1S/C8H15N5/c1-4-13(3)8-6(2)7(12-9)10-5-11-8/h5H,4,9H2,1-3H3,(H,10,11,12). The Balaban J connectivity index is 3.08. The number of nitrogen functional groups attached to an aromatic ring is 1. The first-order chi connectivity index (χ1) is 6.20. The maximum Gasteiger partial charge on any atom is 0.148 e. The molecule has 0 aliphatic heterocycles. The Morgan fingerprint density at radius 2 is 2.23 bits per heavy atom. The maximum absolute atomic E-state index is 5.30. The summed E-state index contributed by atoms with van der Waals surface area (Å²) in [5.41, 5.74) is 3.50. The number of hydrogen-bond acceptors (Lipinski definition) is 5. The molecule has 0 atom stereocenters. The van der Waals surface area contributed by atoms with Crippen LogP contribution in [-0.4, -0.2) is 23.6 Å². The molecular formula is C8H15N5. The molecule has 1 heterocycles. The molecule has 0 aliphatic rings. The molecule has 0 amide bonds. The van der Waals surface area contributed by atoms with Crippen molar-refractivity contribution in [2.24, 2.45) is 5.84 Å². The Labute approximate surface area is 78.0 Å². The topological polar surface area (TPSA) is 67.1 Å². The summed E-state index contributed by atoms with van der Waals surface area (Å²) in [5, 5.41) is 0. The Hall–Kier alpha value is -1.36. The van der Waals surface area contributed by atoms with Gasteiger partial charge in [0.1, 0.15) is 18.0 Å². The van der Waals surface area contributed by atoms with Gasteiger partial charge >= 0.3 is 0 Å². The van der Waals surface area contributed by atoms with Gasteiger partial charge in [0, 0.05) is 19.2 Å². The summed E-state index contributed by atoms with van der Waals surface area (Å²) in [6, 6.07) is 0. The molecule has 0 unspecified atom stereocenters. The van der Waals surface area contributed by atoms with E-state index >= 15 is 0 Å². The van der Waals surface area contributed by atoms with E-state index in [1.54, 1.807) is 0 Å². The molecule has 13 heavy (non-hydrogen) atoms. The van der Waals surface area contributed by atoms with Gasteiger partial charge in [-0.3, -0.25) is 0 Å². The number of hydrogen-bond donors (Lipinski definition) is 2. The third-order valence-corrected chi connectivity index (χ3v) is 2.03. The second kappa shape index (κ2) is 4.04. The van der Waals surface area contributed by atoms with Crippen LogP contribution in [0.2, 0.25) is 0 Å². The van der Waals surface area contributed by atoms with E-state index in [1.165, 1.54) is 6.33 Å². The van der Waals surface area contributed by atoms with Gasteiger partial charge in [0.05, 0.1) is 0 Å². The van der Waals surface area contributed by atoms with Gasteiger partial charge in [-0.2, -0.15) is 0 Å². The Kier molecular flexibility index (Phi) is 3.02. The molecule has 5 heteroatoms. The lowest BCUT2D eigenvalue weighted by atomic mass is 10.3. The average Bonchev–Trinajstić information content (AvgIpc) is 2.17. The molecule has 0 saturated carbocycles. The zero-order valence-electron chi connectivity index (χ0n) is 8.20. The van der Waals surface area contributed by atoms with Crippen molar-refractivity contribution in [3.05, 3.63) is 11.9 Å². The summed E-state index contributed by atoms with van der Waals surface area (Å²) < 4.78 is 0. The zero-order valence-corrected chi connectivity index (χ0v) is 8.20. The second-order valence-electron chi connectivity index (χ2n) is 2.83. The molecule has 0 bridgehead atoms. The van der Waals surface area contributed by atoms with Crippen molar-refractivity contribution in [3.8, 4) is 0 Å². The van der Waals surface area contributed by atoms with Crippen LogP contribution in [0.1, 0.15) is 12.5 Å². The lowest BCUT2D eigenvalue weighted by molar-refractivity contribution is 0.917. The molecule has 0 aromatic carbocycles. The fourth-order valence-corrected chi connectivity index (χ4v) is 1.12. The predicted molar refractivity (Wildman–Crippen MR) is 53.5 cm³/mol. The number of aromatic nitrogens is 2. The predicted octanol–water partition coefficient (Wildman–Crippen LogP) is 0.527. The molecule has 0 radical (unpaired) electrons. The van der Waals surface area contributed by atoms with Gasteiger partial charge in [0.2, 0.25) is 0 Å². The quantitative estimate of drug-likeness (QED) is 0.526. The normalized spacial score (nSPS) is 9.85. The minimum absolute atomic E-state index is 0.672. The monoisotopic (exact) mass is 181 g/mol. The van der Waals surface area contributed by atoms with Crippen molar-refractivity contribution in [2.45, 2.75) is 13.8 Å². The molecule has 0 saturated heterocycles. The fraction of sp³-hybridized carbons (Fsp3) is 0.500. The van der Waals surface area contributed by atoms with Crippen LogP contribution in [0.25, 0.3) is 0 Å². The Morgan fingerprint density at radius 1 is 1.54 bits per heavy atom. The van der Waals surface area contributed by atoms with Crippen LogP contribution in [0, 0.1) is 6.92 Å². The van der Waals surface area contributed by atoms with Crippen LogP contribution in [0.3, 0.4) is 0 Å². The van der Waals surface area contributed by atoms with Crippen LogP contribution in [0.4, 0.5) is 11.6 Å². The summed E-state index contributed by atoms with van der Waals surface area (Å²) >= 11 is 0. The van der Waals surface area contributed by atoms with E-state index in [2.05, 4.69) is 22.3 Å². The summed E-state index contributed by atoms with van der Waals surface area (Å²) in [7, 11) is 1.98. The fourth-order valence-electron chi connectivity index (χ4n) is 1.12. The van der Waals surface area contributed by atoms with Gasteiger partial charge < -0.3 is 10.3 Å². The second-order valence-corrected chi connectivity index (χ2v) is 2.83. The lowest BCUT2D eigenvalue weighted by Gasteiger charge is -2.18. The van der Waals surface area contributed by atoms with E-state index in [0.717, 1.165) is 17.9 Å². The van der Waals surface area contributed by atoms with E-state index in [-0.39, 0.29) is 0 Å². The highest BCUT2D eigenvalue weighted by atomic mass is 15.3. The molecule has 3 N–H and O–H groups in total. The molecule has 0 aliphatic carbocycles. The van der Waals surface area contributed by atoms with E-state index in [9.17, 15) is 0 Å². The molecule has 1 aromatic heterocycles.